The van der Waals surface area contributed by atoms with Crippen LogP contribution >= 0.6 is 0 Å². The Morgan fingerprint density at radius 2 is 2.05 bits per heavy atom. The number of rotatable bonds is 6. The normalized spacial score (nSPS) is 13.4. The second-order valence-electron chi connectivity index (χ2n) is 5.40. The Morgan fingerprint density at radius 3 is 2.67 bits per heavy atom. The topological polar surface area (TPSA) is 69.6 Å². The van der Waals surface area contributed by atoms with Crippen LogP contribution in [0.5, 0.6) is 0 Å². The molecule has 0 bridgehead atoms. The van der Waals surface area contributed by atoms with Gasteiger partial charge in [-0.05, 0) is 37.0 Å². The highest BCUT2D eigenvalue weighted by atomic mass is 16.4. The summed E-state index contributed by atoms with van der Waals surface area (Å²) in [6.45, 7) is 5.15. The number of nitrogens with one attached hydrogen (secondary N) is 1. The zero-order valence-corrected chi connectivity index (χ0v) is 12.6. The van der Waals surface area contributed by atoms with Crippen LogP contribution in [0.15, 0.2) is 18.2 Å². The molecule has 0 spiro atoms. The number of amides is 1. The van der Waals surface area contributed by atoms with E-state index in [-0.39, 0.29) is 24.1 Å². The molecule has 1 amide bonds. The molecule has 2 rings (SSSR count). The number of aromatic carboxylic acids is 1. The molecule has 114 valence electrons. The minimum absolute atomic E-state index is 0.00252. The van der Waals surface area contributed by atoms with Crippen molar-refractivity contribution in [1.82, 2.24) is 5.32 Å². The van der Waals surface area contributed by atoms with Crippen LogP contribution in [0.4, 0.5) is 5.69 Å². The van der Waals surface area contributed by atoms with Crippen molar-refractivity contribution in [2.24, 2.45) is 0 Å². The summed E-state index contributed by atoms with van der Waals surface area (Å²) in [4.78, 5) is 25.1. The van der Waals surface area contributed by atoms with E-state index in [4.69, 9.17) is 5.11 Å². The first-order valence-corrected chi connectivity index (χ1v) is 7.45. The van der Waals surface area contributed by atoms with Crippen molar-refractivity contribution in [3.05, 3.63) is 29.3 Å². The molecule has 0 radical (unpaired) electrons. The maximum atomic E-state index is 12.1. The van der Waals surface area contributed by atoms with Crippen LogP contribution in [0.1, 0.15) is 42.6 Å². The number of hydrogen-bond donors (Lipinski definition) is 2. The molecule has 1 aromatic rings. The summed E-state index contributed by atoms with van der Waals surface area (Å²) < 4.78 is 0. The summed E-state index contributed by atoms with van der Waals surface area (Å²) in [5.74, 6) is -0.941. The number of carboxylic acids is 1. The number of hydrogen-bond acceptors (Lipinski definition) is 3. The third-order valence-electron chi connectivity index (χ3n) is 4.01. The number of carbonyl (C=O) groups excluding carboxylic acids is 1. The number of anilines is 1. The molecule has 0 saturated heterocycles. The van der Waals surface area contributed by atoms with Gasteiger partial charge in [-0.2, -0.15) is 0 Å². The van der Waals surface area contributed by atoms with E-state index in [0.29, 0.717) is 0 Å². The number of nitrogens with zero attached hydrogens (tertiary/aromatic N) is 1. The largest absolute Gasteiger partial charge is 0.478 e. The van der Waals surface area contributed by atoms with Crippen LogP contribution < -0.4 is 10.2 Å². The Balaban J connectivity index is 2.06. The van der Waals surface area contributed by atoms with Crippen LogP contribution in [0.3, 0.4) is 0 Å². The van der Waals surface area contributed by atoms with Gasteiger partial charge in [0.05, 0.1) is 12.1 Å². The molecule has 1 aliphatic heterocycles. The van der Waals surface area contributed by atoms with Gasteiger partial charge in [0, 0.05) is 18.3 Å². The molecule has 0 atom stereocenters. The van der Waals surface area contributed by atoms with Crippen molar-refractivity contribution in [2.75, 3.05) is 18.0 Å². The van der Waals surface area contributed by atoms with Crippen molar-refractivity contribution in [2.45, 2.75) is 39.2 Å². The molecule has 0 aromatic heterocycles. The van der Waals surface area contributed by atoms with Crippen LogP contribution in [-0.4, -0.2) is 36.1 Å². The third kappa shape index (κ3) is 3.54. The summed E-state index contributed by atoms with van der Waals surface area (Å²) in [5.41, 5.74) is 2.24. The molecule has 0 saturated carbocycles. The van der Waals surface area contributed by atoms with Gasteiger partial charge < -0.3 is 15.3 Å². The number of benzene rings is 1. The summed E-state index contributed by atoms with van der Waals surface area (Å²) in [7, 11) is 0. The Kier molecular flexibility index (Phi) is 4.83. The standard InChI is InChI=1S/C16H22N2O3/c1-3-13(4-2)17-15(19)10-18-8-7-11-5-6-12(16(20)21)9-14(11)18/h5-6,9,13H,3-4,7-8,10H2,1-2H3,(H,17,19)(H,20,21). The van der Waals surface area contributed by atoms with Gasteiger partial charge in [0.25, 0.3) is 0 Å². The fourth-order valence-corrected chi connectivity index (χ4v) is 2.68. The Labute approximate surface area is 125 Å². The van der Waals surface area contributed by atoms with Gasteiger partial charge in [-0.25, -0.2) is 4.79 Å². The lowest BCUT2D eigenvalue weighted by atomic mass is 10.1. The van der Waals surface area contributed by atoms with Gasteiger partial charge in [0.1, 0.15) is 0 Å². The van der Waals surface area contributed by atoms with E-state index in [1.54, 1.807) is 12.1 Å². The maximum absolute atomic E-state index is 12.1. The quantitative estimate of drug-likeness (QED) is 0.841. The van der Waals surface area contributed by atoms with Gasteiger partial charge in [-0.15, -0.1) is 0 Å². The first-order valence-electron chi connectivity index (χ1n) is 7.45. The van der Waals surface area contributed by atoms with E-state index < -0.39 is 5.97 Å². The molecule has 5 heteroatoms. The zero-order chi connectivity index (χ0) is 15.4. The summed E-state index contributed by atoms with van der Waals surface area (Å²) in [6.07, 6.45) is 2.69. The molecule has 0 aliphatic carbocycles. The van der Waals surface area contributed by atoms with E-state index >= 15 is 0 Å². The summed E-state index contributed by atoms with van der Waals surface area (Å²) >= 11 is 0. The molecule has 1 aromatic carbocycles. The number of fused-ring (bicyclic) bond motifs is 1. The fraction of sp³-hybridized carbons (Fsp3) is 0.500. The van der Waals surface area contributed by atoms with Crippen molar-refractivity contribution in [1.29, 1.82) is 0 Å². The molecule has 0 fully saturated rings. The van der Waals surface area contributed by atoms with E-state index in [2.05, 4.69) is 19.2 Å². The molecule has 1 heterocycles. The van der Waals surface area contributed by atoms with Gasteiger partial charge >= 0.3 is 5.97 Å². The molecule has 1 aliphatic rings. The van der Waals surface area contributed by atoms with E-state index in [1.165, 1.54) is 0 Å². The van der Waals surface area contributed by atoms with E-state index in [0.717, 1.165) is 37.1 Å². The van der Waals surface area contributed by atoms with Crippen LogP contribution in [-0.2, 0) is 11.2 Å². The molecule has 21 heavy (non-hydrogen) atoms. The van der Waals surface area contributed by atoms with Gasteiger partial charge in [0.15, 0.2) is 0 Å². The Hall–Kier alpha value is -2.04. The molecular weight excluding hydrogens is 268 g/mol. The monoisotopic (exact) mass is 290 g/mol. The molecule has 0 unspecified atom stereocenters. The van der Waals surface area contributed by atoms with Gasteiger partial charge in [0.2, 0.25) is 5.91 Å². The maximum Gasteiger partial charge on any atom is 0.335 e. The minimum atomic E-state index is -0.939. The smallest absolute Gasteiger partial charge is 0.335 e. The van der Waals surface area contributed by atoms with Crippen molar-refractivity contribution in [3.63, 3.8) is 0 Å². The minimum Gasteiger partial charge on any atom is -0.478 e. The van der Waals surface area contributed by atoms with Gasteiger partial charge in [-0.3, -0.25) is 4.79 Å². The lowest BCUT2D eigenvalue weighted by Crippen LogP contribution is -2.41. The SMILES string of the molecule is CCC(CC)NC(=O)CN1CCc2ccc(C(=O)O)cc21. The summed E-state index contributed by atoms with van der Waals surface area (Å²) in [6, 6.07) is 5.34. The van der Waals surface area contributed by atoms with Crippen molar-refractivity contribution >= 4 is 17.6 Å². The van der Waals surface area contributed by atoms with Crippen LogP contribution in [0.25, 0.3) is 0 Å². The van der Waals surface area contributed by atoms with Crippen molar-refractivity contribution < 1.29 is 14.7 Å². The van der Waals surface area contributed by atoms with E-state index in [1.807, 2.05) is 11.0 Å². The fourth-order valence-electron chi connectivity index (χ4n) is 2.68. The lowest BCUT2D eigenvalue weighted by molar-refractivity contribution is -0.120. The third-order valence-corrected chi connectivity index (χ3v) is 4.01. The zero-order valence-electron chi connectivity index (χ0n) is 12.6. The molecule has 5 nitrogen and oxygen atoms in total. The average molecular weight is 290 g/mol. The first-order chi connectivity index (χ1) is 10.0. The van der Waals surface area contributed by atoms with Crippen LogP contribution in [0, 0.1) is 0 Å². The second kappa shape index (κ2) is 6.61. The second-order valence-corrected chi connectivity index (χ2v) is 5.40. The molecular formula is C16H22N2O3. The highest BCUT2D eigenvalue weighted by molar-refractivity contribution is 5.90. The van der Waals surface area contributed by atoms with E-state index in [9.17, 15) is 9.59 Å². The predicted molar refractivity (Wildman–Crippen MR) is 81.8 cm³/mol. The highest BCUT2D eigenvalue weighted by Gasteiger charge is 2.23. The number of carboxylic acid groups (broad SMARTS) is 1. The highest BCUT2D eigenvalue weighted by Crippen LogP contribution is 2.28. The van der Waals surface area contributed by atoms with Crippen molar-refractivity contribution in [3.8, 4) is 0 Å². The van der Waals surface area contributed by atoms with Gasteiger partial charge in [-0.1, -0.05) is 19.9 Å². The van der Waals surface area contributed by atoms with Crippen LogP contribution in [0.2, 0.25) is 0 Å². The lowest BCUT2D eigenvalue weighted by Gasteiger charge is -2.21. The predicted octanol–water partition coefficient (Wildman–Crippen LogP) is 2.05. The average Bonchev–Trinajstić information content (AvgIpc) is 2.87. The Bertz CT molecular complexity index is 538. The summed E-state index contributed by atoms with van der Waals surface area (Å²) in [5, 5.41) is 12.1. The first kappa shape index (κ1) is 15.4. The molecule has 2 N–H and O–H groups in total. The number of carbonyl (C=O) groups is 2. The Morgan fingerprint density at radius 1 is 1.33 bits per heavy atom.